The minimum Gasteiger partial charge on any atom is -0.495 e. The Kier molecular flexibility index (Phi) is 4.90. The highest BCUT2D eigenvalue weighted by Crippen LogP contribution is 2.38. The first-order valence-electron chi connectivity index (χ1n) is 9.64. The molecule has 0 radical (unpaired) electrons. The maximum Gasteiger partial charge on any atom is 0.332 e. The zero-order valence-corrected chi connectivity index (χ0v) is 17.7. The molecule has 0 atom stereocenters. The van der Waals surface area contributed by atoms with Gasteiger partial charge in [0.25, 0.3) is 5.56 Å². The molecule has 2 aromatic heterocycles. The van der Waals surface area contributed by atoms with Crippen molar-refractivity contribution < 1.29 is 4.74 Å². The molecule has 154 valence electrons. The summed E-state index contributed by atoms with van der Waals surface area (Å²) in [7, 11) is 3.26. The van der Waals surface area contributed by atoms with E-state index in [2.05, 4.69) is 0 Å². The number of hydrogen-bond acceptors (Lipinski definition) is 5. The number of fused-ring (bicyclic) bond motifs is 3. The van der Waals surface area contributed by atoms with Crippen LogP contribution in [0.3, 0.4) is 0 Å². The fourth-order valence-corrected chi connectivity index (χ4v) is 4.06. The number of rotatable bonds is 4. The number of nitrogens with zero attached hydrogens (tertiary/aromatic N) is 5. The van der Waals surface area contributed by atoms with Crippen LogP contribution in [0.4, 0.5) is 11.6 Å². The minimum atomic E-state index is -0.349. The molecule has 29 heavy (non-hydrogen) atoms. The van der Waals surface area contributed by atoms with Gasteiger partial charge in [-0.1, -0.05) is 25.4 Å². The van der Waals surface area contributed by atoms with Crippen molar-refractivity contribution in [1.82, 2.24) is 18.7 Å². The summed E-state index contributed by atoms with van der Waals surface area (Å²) in [6.07, 6.45) is 0.820. The lowest BCUT2D eigenvalue weighted by Gasteiger charge is -2.30. The van der Waals surface area contributed by atoms with Crippen molar-refractivity contribution >= 4 is 34.4 Å². The third-order valence-corrected chi connectivity index (χ3v) is 5.43. The van der Waals surface area contributed by atoms with Gasteiger partial charge in [0.15, 0.2) is 11.2 Å². The molecule has 0 fully saturated rings. The number of halogens is 1. The summed E-state index contributed by atoms with van der Waals surface area (Å²) in [6.45, 7) is 5.69. The third-order valence-electron chi connectivity index (χ3n) is 5.20. The first-order valence-corrected chi connectivity index (χ1v) is 10.0. The van der Waals surface area contributed by atoms with Crippen molar-refractivity contribution in [2.24, 2.45) is 13.0 Å². The van der Waals surface area contributed by atoms with Gasteiger partial charge >= 0.3 is 5.69 Å². The predicted molar refractivity (Wildman–Crippen MR) is 114 cm³/mol. The van der Waals surface area contributed by atoms with Crippen molar-refractivity contribution in [2.75, 3.05) is 18.6 Å². The molecule has 9 heteroatoms. The standard InChI is InChI=1S/C20H24ClN5O3/c1-12(2)11-26-18(27)16-17(23(3)20(26)28)22-19-24(8-5-9-25(16)19)14-10-13(21)6-7-15(14)29-4/h6-7,10,12H,5,8-9,11H2,1-4H3. The molecule has 1 aliphatic rings. The zero-order valence-electron chi connectivity index (χ0n) is 17.0. The van der Waals surface area contributed by atoms with Gasteiger partial charge in [0.05, 0.1) is 12.8 Å². The van der Waals surface area contributed by atoms with E-state index in [1.165, 1.54) is 9.13 Å². The van der Waals surface area contributed by atoms with E-state index >= 15 is 0 Å². The van der Waals surface area contributed by atoms with Crippen LogP contribution in [0.25, 0.3) is 11.2 Å². The lowest BCUT2D eigenvalue weighted by Crippen LogP contribution is -2.40. The van der Waals surface area contributed by atoms with Gasteiger partial charge in [-0.05, 0) is 30.5 Å². The molecule has 3 aromatic rings. The second-order valence-electron chi connectivity index (χ2n) is 7.71. The number of aromatic nitrogens is 4. The van der Waals surface area contributed by atoms with E-state index < -0.39 is 0 Å². The molecule has 4 rings (SSSR count). The lowest BCUT2D eigenvalue weighted by molar-refractivity contribution is 0.414. The molecular formula is C20H24ClN5O3. The second-order valence-corrected chi connectivity index (χ2v) is 8.14. The quantitative estimate of drug-likeness (QED) is 0.652. The average molecular weight is 418 g/mol. The molecule has 0 N–H and O–H groups in total. The van der Waals surface area contributed by atoms with Crippen LogP contribution in [-0.2, 0) is 20.1 Å². The maximum atomic E-state index is 13.2. The highest BCUT2D eigenvalue weighted by Gasteiger charge is 2.28. The molecule has 0 saturated heterocycles. The molecule has 0 aliphatic carbocycles. The summed E-state index contributed by atoms with van der Waals surface area (Å²) in [5, 5.41) is 0.584. The maximum absolute atomic E-state index is 13.2. The Hall–Kier alpha value is -2.74. The number of anilines is 2. The van der Waals surface area contributed by atoms with Crippen LogP contribution in [0.5, 0.6) is 5.75 Å². The molecule has 3 heterocycles. The number of methoxy groups -OCH3 is 1. The van der Waals surface area contributed by atoms with E-state index in [9.17, 15) is 9.59 Å². The number of imidazole rings is 1. The van der Waals surface area contributed by atoms with Gasteiger partial charge in [-0.2, -0.15) is 4.98 Å². The zero-order chi connectivity index (χ0) is 20.9. The van der Waals surface area contributed by atoms with Gasteiger partial charge in [-0.15, -0.1) is 0 Å². The fourth-order valence-electron chi connectivity index (χ4n) is 3.89. The average Bonchev–Trinajstić information content (AvgIpc) is 3.09. The van der Waals surface area contributed by atoms with Crippen LogP contribution in [0.1, 0.15) is 20.3 Å². The number of hydrogen-bond donors (Lipinski definition) is 0. The van der Waals surface area contributed by atoms with Gasteiger partial charge in [-0.3, -0.25) is 13.9 Å². The largest absolute Gasteiger partial charge is 0.495 e. The minimum absolute atomic E-state index is 0.175. The van der Waals surface area contributed by atoms with Crippen molar-refractivity contribution in [3.63, 3.8) is 0 Å². The fraction of sp³-hybridized carbons (Fsp3) is 0.450. The van der Waals surface area contributed by atoms with Crippen molar-refractivity contribution in [3.8, 4) is 5.75 Å². The molecule has 0 spiro atoms. The highest BCUT2D eigenvalue weighted by atomic mass is 35.5. The Labute approximate surface area is 172 Å². The van der Waals surface area contributed by atoms with Crippen molar-refractivity contribution in [2.45, 2.75) is 33.4 Å². The van der Waals surface area contributed by atoms with Crippen LogP contribution in [-0.4, -0.2) is 32.3 Å². The van der Waals surface area contributed by atoms with E-state index in [1.54, 1.807) is 20.2 Å². The normalized spacial score (nSPS) is 13.9. The molecule has 0 unspecified atom stereocenters. The molecule has 0 amide bonds. The summed E-state index contributed by atoms with van der Waals surface area (Å²) in [6, 6.07) is 5.40. The smallest absolute Gasteiger partial charge is 0.332 e. The summed E-state index contributed by atoms with van der Waals surface area (Å²) >= 11 is 6.23. The van der Waals surface area contributed by atoms with E-state index in [1.807, 2.05) is 35.4 Å². The van der Waals surface area contributed by atoms with E-state index in [-0.39, 0.29) is 17.2 Å². The third kappa shape index (κ3) is 3.11. The van der Waals surface area contributed by atoms with Crippen molar-refractivity contribution in [3.05, 3.63) is 44.1 Å². The van der Waals surface area contributed by atoms with Gasteiger partial charge in [0.1, 0.15) is 5.75 Å². The lowest BCUT2D eigenvalue weighted by atomic mass is 10.2. The van der Waals surface area contributed by atoms with E-state index in [0.29, 0.717) is 47.5 Å². The van der Waals surface area contributed by atoms with Crippen LogP contribution in [0, 0.1) is 5.92 Å². The second kappa shape index (κ2) is 7.26. The van der Waals surface area contributed by atoms with Crippen LogP contribution in [0.2, 0.25) is 5.02 Å². The van der Waals surface area contributed by atoms with Crippen LogP contribution in [0.15, 0.2) is 27.8 Å². The van der Waals surface area contributed by atoms with Gasteiger partial charge in [-0.25, -0.2) is 4.79 Å². The summed E-state index contributed by atoms with van der Waals surface area (Å²) in [5.41, 5.74) is 0.981. The number of benzene rings is 1. The molecule has 0 saturated carbocycles. The Balaban J connectivity index is 1.99. The number of ether oxygens (including phenoxy) is 1. The SMILES string of the molecule is COc1ccc(Cl)cc1N1CCCn2c1nc1c2c(=O)n(CC(C)C)c(=O)n1C. The van der Waals surface area contributed by atoms with Crippen LogP contribution < -0.4 is 20.9 Å². The Morgan fingerprint density at radius 3 is 2.69 bits per heavy atom. The Morgan fingerprint density at radius 2 is 2.00 bits per heavy atom. The van der Waals surface area contributed by atoms with Gasteiger partial charge in [0, 0.05) is 31.7 Å². The summed E-state index contributed by atoms with van der Waals surface area (Å²) in [4.78, 5) is 32.7. The first kappa shape index (κ1) is 19.6. The van der Waals surface area contributed by atoms with Crippen LogP contribution >= 0.6 is 11.6 Å². The van der Waals surface area contributed by atoms with Gasteiger partial charge in [0.2, 0.25) is 5.95 Å². The van der Waals surface area contributed by atoms with E-state index in [0.717, 1.165) is 12.1 Å². The summed E-state index contributed by atoms with van der Waals surface area (Å²) < 4.78 is 10.2. The van der Waals surface area contributed by atoms with E-state index in [4.69, 9.17) is 21.3 Å². The molecule has 8 nitrogen and oxygen atoms in total. The molecule has 0 bridgehead atoms. The van der Waals surface area contributed by atoms with Gasteiger partial charge < -0.3 is 14.2 Å². The first-order chi connectivity index (χ1) is 13.8. The number of aryl methyl sites for hydroxylation is 2. The highest BCUT2D eigenvalue weighted by molar-refractivity contribution is 6.31. The monoisotopic (exact) mass is 417 g/mol. The molecule has 1 aromatic carbocycles. The topological polar surface area (TPSA) is 74.3 Å². The molecule has 1 aliphatic heterocycles. The summed E-state index contributed by atoms with van der Waals surface area (Å²) in [5.74, 6) is 1.45. The predicted octanol–water partition coefficient (Wildman–Crippen LogP) is 2.76. The molecular weight excluding hydrogens is 394 g/mol. The Morgan fingerprint density at radius 1 is 1.24 bits per heavy atom. The Bertz CT molecular complexity index is 1210. The van der Waals surface area contributed by atoms with Crippen molar-refractivity contribution in [1.29, 1.82) is 0 Å².